The van der Waals surface area contributed by atoms with Crippen molar-refractivity contribution in [2.24, 2.45) is 0 Å². The first-order valence-corrected chi connectivity index (χ1v) is 9.47. The minimum atomic E-state index is 0.713. The van der Waals surface area contributed by atoms with Gasteiger partial charge in [-0.2, -0.15) is 0 Å². The number of pyridine rings is 1. The largest absolute Gasteiger partial charge is 0.339 e. The molecule has 3 nitrogen and oxygen atoms in total. The van der Waals surface area contributed by atoms with Crippen molar-refractivity contribution in [2.75, 3.05) is 5.32 Å². The van der Waals surface area contributed by atoms with Crippen molar-refractivity contribution in [2.45, 2.75) is 13.8 Å². The first kappa shape index (κ1) is 17.1. The highest BCUT2D eigenvalue weighted by atomic mass is 79.9. The topological polar surface area (TPSA) is 29.3 Å². The highest BCUT2D eigenvalue weighted by Gasteiger charge is 2.16. The highest BCUT2D eigenvalue weighted by molar-refractivity contribution is 9.10. The molecule has 0 spiro atoms. The number of fused-ring (bicyclic) bond motifs is 1. The lowest BCUT2D eigenvalue weighted by atomic mass is 10.1. The van der Waals surface area contributed by atoms with Crippen molar-refractivity contribution < 1.29 is 0 Å². The fraction of sp³-hybridized carbons (Fsp3) is 0.0952. The Kier molecular flexibility index (Phi) is 4.47. The van der Waals surface area contributed by atoms with E-state index in [1.807, 2.05) is 42.6 Å². The lowest BCUT2D eigenvalue weighted by molar-refractivity contribution is 1.17. The number of imidazole rings is 1. The lowest BCUT2D eigenvalue weighted by Crippen LogP contribution is -2.00. The molecule has 0 aliphatic carbocycles. The van der Waals surface area contributed by atoms with Crippen LogP contribution in [0.2, 0.25) is 5.02 Å². The molecule has 4 rings (SSSR count). The van der Waals surface area contributed by atoms with Crippen molar-refractivity contribution in [3.8, 4) is 11.3 Å². The van der Waals surface area contributed by atoms with Gasteiger partial charge in [-0.25, -0.2) is 4.98 Å². The van der Waals surface area contributed by atoms with Gasteiger partial charge in [0.05, 0.1) is 0 Å². The molecule has 1 N–H and O–H groups in total. The van der Waals surface area contributed by atoms with Crippen LogP contribution in [0.1, 0.15) is 11.1 Å². The van der Waals surface area contributed by atoms with Crippen LogP contribution in [0.15, 0.2) is 65.3 Å². The number of nitrogens with zero attached hydrogens (tertiary/aromatic N) is 2. The van der Waals surface area contributed by atoms with Gasteiger partial charge in [0.1, 0.15) is 17.2 Å². The third-order valence-electron chi connectivity index (χ3n) is 4.42. The van der Waals surface area contributed by atoms with Gasteiger partial charge in [0.2, 0.25) is 0 Å². The van der Waals surface area contributed by atoms with Crippen molar-refractivity contribution in [1.82, 2.24) is 9.38 Å². The number of para-hydroxylation sites is 1. The number of aryl methyl sites for hydroxylation is 2. The van der Waals surface area contributed by atoms with Gasteiger partial charge in [-0.3, -0.25) is 4.40 Å². The average Bonchev–Trinajstić information content (AvgIpc) is 2.96. The van der Waals surface area contributed by atoms with Crippen LogP contribution < -0.4 is 5.32 Å². The molecule has 0 atom stereocenters. The minimum Gasteiger partial charge on any atom is -0.339 e. The number of anilines is 2. The predicted octanol–water partition coefficient (Wildman–Crippen LogP) is 6.78. The first-order valence-electron chi connectivity index (χ1n) is 8.30. The molecule has 130 valence electrons. The maximum Gasteiger partial charge on any atom is 0.143 e. The van der Waals surface area contributed by atoms with Crippen LogP contribution in [0.25, 0.3) is 16.9 Å². The zero-order valence-corrected chi connectivity index (χ0v) is 16.8. The number of benzene rings is 2. The van der Waals surface area contributed by atoms with Crippen LogP contribution >= 0.6 is 27.5 Å². The van der Waals surface area contributed by atoms with E-state index in [1.165, 1.54) is 11.1 Å². The van der Waals surface area contributed by atoms with E-state index in [4.69, 9.17) is 16.6 Å². The number of aromatic nitrogens is 2. The van der Waals surface area contributed by atoms with Crippen LogP contribution in [0.3, 0.4) is 0 Å². The average molecular weight is 427 g/mol. The van der Waals surface area contributed by atoms with E-state index >= 15 is 0 Å². The first-order chi connectivity index (χ1) is 12.5. The molecule has 4 aromatic rings. The molecule has 0 bridgehead atoms. The molecule has 2 aromatic heterocycles. The fourth-order valence-electron chi connectivity index (χ4n) is 3.08. The van der Waals surface area contributed by atoms with E-state index in [0.29, 0.717) is 5.02 Å². The van der Waals surface area contributed by atoms with E-state index in [2.05, 4.69) is 57.7 Å². The Hall–Kier alpha value is -2.30. The van der Waals surface area contributed by atoms with Crippen molar-refractivity contribution in [1.29, 1.82) is 0 Å². The molecule has 0 unspecified atom stereocenters. The summed E-state index contributed by atoms with van der Waals surface area (Å²) in [6.07, 6.45) is 2.03. The Morgan fingerprint density at radius 2 is 1.65 bits per heavy atom. The number of rotatable bonds is 3. The van der Waals surface area contributed by atoms with Crippen LogP contribution in [0.4, 0.5) is 11.5 Å². The molecular weight excluding hydrogens is 410 g/mol. The van der Waals surface area contributed by atoms with Gasteiger partial charge in [-0.1, -0.05) is 41.9 Å². The smallest absolute Gasteiger partial charge is 0.143 e. The minimum absolute atomic E-state index is 0.713. The van der Waals surface area contributed by atoms with Gasteiger partial charge < -0.3 is 5.32 Å². The second-order valence-electron chi connectivity index (χ2n) is 6.28. The van der Waals surface area contributed by atoms with Gasteiger partial charge in [0, 0.05) is 26.9 Å². The molecule has 26 heavy (non-hydrogen) atoms. The second-order valence-corrected chi connectivity index (χ2v) is 7.64. The number of nitrogens with one attached hydrogen (secondary N) is 1. The maximum atomic E-state index is 6.06. The molecule has 0 radical (unpaired) electrons. The molecule has 5 heteroatoms. The standard InChI is InChI=1S/C21H17BrClN3/c1-13-4-3-5-14(2)19(13)25-21-20(15-6-9-17(23)10-7-15)24-18-11-8-16(22)12-26(18)21/h3-12,25H,1-2H3. The molecule has 0 saturated carbocycles. The third kappa shape index (κ3) is 3.11. The van der Waals surface area contributed by atoms with Crippen LogP contribution in [0, 0.1) is 13.8 Å². The van der Waals surface area contributed by atoms with Gasteiger partial charge >= 0.3 is 0 Å². The van der Waals surface area contributed by atoms with Crippen molar-refractivity contribution in [3.05, 3.63) is 81.4 Å². The molecule has 0 aliphatic heterocycles. The predicted molar refractivity (Wildman–Crippen MR) is 113 cm³/mol. The molecule has 2 heterocycles. The monoisotopic (exact) mass is 425 g/mol. The molecular formula is C21H17BrClN3. The highest BCUT2D eigenvalue weighted by Crippen LogP contribution is 2.34. The summed E-state index contributed by atoms with van der Waals surface area (Å²) in [5.74, 6) is 0.932. The number of hydrogen-bond donors (Lipinski definition) is 1. The molecule has 2 aromatic carbocycles. The summed E-state index contributed by atoms with van der Waals surface area (Å²) < 4.78 is 3.06. The summed E-state index contributed by atoms with van der Waals surface area (Å²) in [5.41, 5.74) is 6.27. The quantitative estimate of drug-likeness (QED) is 0.391. The Morgan fingerprint density at radius 3 is 2.35 bits per heavy atom. The van der Waals surface area contributed by atoms with Gasteiger partial charge in [0.25, 0.3) is 0 Å². The fourth-order valence-corrected chi connectivity index (χ4v) is 3.54. The Morgan fingerprint density at radius 1 is 0.962 bits per heavy atom. The van der Waals surface area contributed by atoms with Crippen LogP contribution in [-0.2, 0) is 0 Å². The maximum absolute atomic E-state index is 6.06. The van der Waals surface area contributed by atoms with Crippen molar-refractivity contribution in [3.63, 3.8) is 0 Å². The van der Waals surface area contributed by atoms with E-state index in [1.54, 1.807) is 0 Å². The zero-order valence-electron chi connectivity index (χ0n) is 14.4. The summed E-state index contributed by atoms with van der Waals surface area (Å²) in [4.78, 5) is 4.85. The summed E-state index contributed by atoms with van der Waals surface area (Å²) in [5, 5.41) is 4.33. The van der Waals surface area contributed by atoms with Crippen LogP contribution in [-0.4, -0.2) is 9.38 Å². The van der Waals surface area contributed by atoms with E-state index in [-0.39, 0.29) is 0 Å². The third-order valence-corrected chi connectivity index (χ3v) is 5.15. The summed E-state index contributed by atoms with van der Waals surface area (Å²) in [7, 11) is 0. The van der Waals surface area contributed by atoms with Crippen LogP contribution in [0.5, 0.6) is 0 Å². The summed E-state index contributed by atoms with van der Waals surface area (Å²) in [6, 6.07) is 18.0. The molecule has 0 aliphatic rings. The van der Waals surface area contributed by atoms with Gasteiger partial charge in [-0.15, -0.1) is 0 Å². The van der Waals surface area contributed by atoms with Gasteiger partial charge in [-0.05, 0) is 65.2 Å². The zero-order chi connectivity index (χ0) is 18.3. The molecule has 0 fully saturated rings. The molecule has 0 saturated heterocycles. The van der Waals surface area contributed by atoms with E-state index in [9.17, 15) is 0 Å². The van der Waals surface area contributed by atoms with E-state index in [0.717, 1.165) is 32.9 Å². The number of halogens is 2. The summed E-state index contributed by atoms with van der Waals surface area (Å²) >= 11 is 9.62. The SMILES string of the molecule is Cc1cccc(C)c1Nc1c(-c2ccc(Cl)cc2)nc2ccc(Br)cn12. The molecule has 0 amide bonds. The summed E-state index contributed by atoms with van der Waals surface area (Å²) in [6.45, 7) is 4.22. The Bertz CT molecular complexity index is 1080. The Balaban J connectivity index is 1.94. The normalized spacial score (nSPS) is 11.1. The second kappa shape index (κ2) is 6.78. The number of hydrogen-bond acceptors (Lipinski definition) is 2. The van der Waals surface area contributed by atoms with Crippen molar-refractivity contribution >= 4 is 44.7 Å². The Labute approximate surface area is 165 Å². The van der Waals surface area contributed by atoms with E-state index < -0.39 is 0 Å². The lowest BCUT2D eigenvalue weighted by Gasteiger charge is -2.14. The van der Waals surface area contributed by atoms with Gasteiger partial charge in [0.15, 0.2) is 0 Å².